The number of ether oxygens (including phenoxy) is 1. The summed E-state index contributed by atoms with van der Waals surface area (Å²) < 4.78 is 7.29. The molecule has 3 aromatic rings. The molecule has 0 fully saturated rings. The van der Waals surface area contributed by atoms with E-state index < -0.39 is 0 Å². The molecule has 0 radical (unpaired) electrons. The minimum absolute atomic E-state index is 0.852. The van der Waals surface area contributed by atoms with E-state index in [1.54, 1.807) is 7.11 Å². The fourth-order valence-corrected chi connectivity index (χ4v) is 3.43. The highest BCUT2D eigenvalue weighted by molar-refractivity contribution is 5.81. The maximum atomic E-state index is 5.28. The third-order valence-corrected chi connectivity index (χ3v) is 4.56. The van der Waals surface area contributed by atoms with Crippen molar-refractivity contribution in [2.45, 2.75) is 40.5 Å². The van der Waals surface area contributed by atoms with Gasteiger partial charge in [-0.05, 0) is 44.4 Å². The molecule has 0 unspecified atom stereocenters. The first-order chi connectivity index (χ1) is 12.6. The van der Waals surface area contributed by atoms with Gasteiger partial charge in [0.25, 0.3) is 0 Å². The van der Waals surface area contributed by atoms with Crippen LogP contribution in [0, 0.1) is 13.8 Å². The molecule has 0 bridgehead atoms. The standard InChI is InChI=1S/C21H28N4O/c1-6-12-24(13-7-2)19-14-15(3)22-21-20(16(4)23-25(19)21)17-8-10-18(26-5)11-9-17/h8-11,14H,6-7,12-13H2,1-5H3. The summed E-state index contributed by atoms with van der Waals surface area (Å²) in [5.41, 5.74) is 5.12. The highest BCUT2D eigenvalue weighted by Crippen LogP contribution is 2.31. The number of benzene rings is 1. The number of nitrogens with zero attached hydrogens (tertiary/aromatic N) is 4. The second-order valence-corrected chi connectivity index (χ2v) is 6.67. The molecule has 0 aliphatic rings. The first-order valence-corrected chi connectivity index (χ1v) is 9.35. The average molecular weight is 352 g/mol. The molecule has 0 atom stereocenters. The number of aryl methyl sites for hydroxylation is 2. The lowest BCUT2D eigenvalue weighted by molar-refractivity contribution is 0.415. The van der Waals surface area contributed by atoms with Gasteiger partial charge in [-0.3, -0.25) is 0 Å². The molecule has 0 aliphatic carbocycles. The van der Waals surface area contributed by atoms with E-state index in [1.165, 1.54) is 0 Å². The summed E-state index contributed by atoms with van der Waals surface area (Å²) in [6, 6.07) is 10.2. The van der Waals surface area contributed by atoms with Crippen LogP contribution in [0.4, 0.5) is 5.82 Å². The van der Waals surface area contributed by atoms with Gasteiger partial charge >= 0.3 is 0 Å². The number of hydrogen-bond donors (Lipinski definition) is 0. The van der Waals surface area contributed by atoms with Crippen molar-refractivity contribution in [3.05, 3.63) is 41.7 Å². The van der Waals surface area contributed by atoms with Crippen LogP contribution in [0.2, 0.25) is 0 Å². The predicted molar refractivity (Wildman–Crippen MR) is 107 cm³/mol. The van der Waals surface area contributed by atoms with Crippen LogP contribution in [0.5, 0.6) is 5.75 Å². The highest BCUT2D eigenvalue weighted by Gasteiger charge is 2.18. The summed E-state index contributed by atoms with van der Waals surface area (Å²) in [6.45, 7) is 10.6. The van der Waals surface area contributed by atoms with Crippen LogP contribution < -0.4 is 9.64 Å². The van der Waals surface area contributed by atoms with Gasteiger partial charge in [-0.1, -0.05) is 26.0 Å². The van der Waals surface area contributed by atoms with Gasteiger partial charge in [0.05, 0.1) is 12.8 Å². The average Bonchev–Trinajstić information content (AvgIpc) is 2.96. The Hall–Kier alpha value is -2.56. The molecule has 0 spiro atoms. The molecule has 1 aromatic carbocycles. The SMILES string of the molecule is CCCN(CCC)c1cc(C)nc2c(-c3ccc(OC)cc3)c(C)nn12. The minimum atomic E-state index is 0.852. The first kappa shape index (κ1) is 18.2. The second kappa shape index (κ2) is 7.77. The Morgan fingerprint density at radius 3 is 2.27 bits per heavy atom. The van der Waals surface area contributed by atoms with Gasteiger partial charge in [0, 0.05) is 30.4 Å². The Morgan fingerprint density at radius 2 is 1.69 bits per heavy atom. The van der Waals surface area contributed by atoms with Crippen molar-refractivity contribution in [1.82, 2.24) is 14.6 Å². The maximum absolute atomic E-state index is 5.28. The number of aromatic nitrogens is 3. The second-order valence-electron chi connectivity index (χ2n) is 6.67. The van der Waals surface area contributed by atoms with E-state index in [-0.39, 0.29) is 0 Å². The van der Waals surface area contributed by atoms with E-state index in [0.717, 1.165) is 65.7 Å². The van der Waals surface area contributed by atoms with Crippen molar-refractivity contribution in [2.24, 2.45) is 0 Å². The quantitative estimate of drug-likeness (QED) is 0.621. The van der Waals surface area contributed by atoms with Crippen molar-refractivity contribution in [1.29, 1.82) is 0 Å². The van der Waals surface area contributed by atoms with E-state index in [0.29, 0.717) is 0 Å². The molecule has 0 N–H and O–H groups in total. The fraction of sp³-hybridized carbons (Fsp3) is 0.429. The fourth-order valence-electron chi connectivity index (χ4n) is 3.43. The highest BCUT2D eigenvalue weighted by atomic mass is 16.5. The van der Waals surface area contributed by atoms with E-state index in [1.807, 2.05) is 16.6 Å². The molecule has 3 rings (SSSR count). The molecule has 2 aromatic heterocycles. The summed E-state index contributed by atoms with van der Waals surface area (Å²) in [7, 11) is 1.68. The Balaban J connectivity index is 2.18. The van der Waals surface area contributed by atoms with Gasteiger partial charge < -0.3 is 9.64 Å². The molecular formula is C21H28N4O. The lowest BCUT2D eigenvalue weighted by Crippen LogP contribution is -2.27. The zero-order valence-electron chi connectivity index (χ0n) is 16.4. The summed E-state index contributed by atoms with van der Waals surface area (Å²) >= 11 is 0. The zero-order chi connectivity index (χ0) is 18.7. The third-order valence-electron chi connectivity index (χ3n) is 4.56. The molecule has 0 aliphatic heterocycles. The largest absolute Gasteiger partial charge is 0.497 e. The van der Waals surface area contributed by atoms with Crippen LogP contribution in [0.3, 0.4) is 0 Å². The molecule has 0 saturated carbocycles. The van der Waals surface area contributed by atoms with Crippen LogP contribution in [0.15, 0.2) is 30.3 Å². The summed E-state index contributed by atoms with van der Waals surface area (Å²) in [6.07, 6.45) is 2.21. The molecule has 2 heterocycles. The lowest BCUT2D eigenvalue weighted by atomic mass is 10.1. The molecule has 26 heavy (non-hydrogen) atoms. The van der Waals surface area contributed by atoms with E-state index in [4.69, 9.17) is 14.8 Å². The smallest absolute Gasteiger partial charge is 0.165 e. The van der Waals surface area contributed by atoms with Gasteiger partial charge in [-0.15, -0.1) is 0 Å². The monoisotopic (exact) mass is 352 g/mol. The van der Waals surface area contributed by atoms with Crippen LogP contribution in [0.25, 0.3) is 16.8 Å². The first-order valence-electron chi connectivity index (χ1n) is 9.35. The number of hydrogen-bond acceptors (Lipinski definition) is 4. The lowest BCUT2D eigenvalue weighted by Gasteiger charge is -2.24. The van der Waals surface area contributed by atoms with Crippen molar-refractivity contribution in [2.75, 3.05) is 25.1 Å². The maximum Gasteiger partial charge on any atom is 0.165 e. The number of anilines is 1. The van der Waals surface area contributed by atoms with Crippen molar-refractivity contribution >= 4 is 11.5 Å². The Bertz CT molecular complexity index is 877. The molecular weight excluding hydrogens is 324 g/mol. The van der Waals surface area contributed by atoms with Crippen molar-refractivity contribution in [3.8, 4) is 16.9 Å². The van der Waals surface area contributed by atoms with Gasteiger partial charge in [0.1, 0.15) is 11.6 Å². The normalized spacial score (nSPS) is 11.1. The third kappa shape index (κ3) is 3.39. The zero-order valence-corrected chi connectivity index (χ0v) is 16.4. The Labute approximate surface area is 155 Å². The van der Waals surface area contributed by atoms with E-state index >= 15 is 0 Å². The number of rotatable bonds is 7. The summed E-state index contributed by atoms with van der Waals surface area (Å²) in [4.78, 5) is 7.23. The van der Waals surface area contributed by atoms with Gasteiger partial charge in [0.2, 0.25) is 0 Å². The number of fused-ring (bicyclic) bond motifs is 1. The summed E-state index contributed by atoms with van der Waals surface area (Å²) in [5.74, 6) is 1.98. The van der Waals surface area contributed by atoms with Gasteiger partial charge in [-0.25, -0.2) is 4.98 Å². The predicted octanol–water partition coefficient (Wildman–Crippen LogP) is 4.65. The van der Waals surface area contributed by atoms with Crippen LogP contribution >= 0.6 is 0 Å². The Kier molecular flexibility index (Phi) is 5.45. The van der Waals surface area contributed by atoms with Crippen LogP contribution in [0.1, 0.15) is 38.1 Å². The number of methoxy groups -OCH3 is 1. The topological polar surface area (TPSA) is 42.7 Å². The molecule has 5 heteroatoms. The van der Waals surface area contributed by atoms with E-state index in [9.17, 15) is 0 Å². The molecule has 138 valence electrons. The molecule has 0 saturated heterocycles. The molecule has 5 nitrogen and oxygen atoms in total. The minimum Gasteiger partial charge on any atom is -0.497 e. The molecule has 0 amide bonds. The van der Waals surface area contributed by atoms with Crippen molar-refractivity contribution in [3.63, 3.8) is 0 Å². The van der Waals surface area contributed by atoms with Crippen LogP contribution in [-0.4, -0.2) is 34.8 Å². The van der Waals surface area contributed by atoms with Gasteiger partial charge in [0.15, 0.2) is 5.65 Å². The van der Waals surface area contributed by atoms with E-state index in [2.05, 4.69) is 50.8 Å². The Morgan fingerprint density at radius 1 is 1.04 bits per heavy atom. The van der Waals surface area contributed by atoms with Crippen molar-refractivity contribution < 1.29 is 4.74 Å². The van der Waals surface area contributed by atoms with Crippen LogP contribution in [-0.2, 0) is 0 Å². The van der Waals surface area contributed by atoms with Gasteiger partial charge in [-0.2, -0.15) is 9.61 Å². The summed E-state index contributed by atoms with van der Waals surface area (Å²) in [5, 5.41) is 4.84.